The molecular weight excluding hydrogens is 200 g/mol. The predicted molar refractivity (Wildman–Crippen MR) is 54.4 cm³/mol. The van der Waals surface area contributed by atoms with Gasteiger partial charge in [-0.25, -0.2) is 4.79 Å². The minimum absolute atomic E-state index is 0.0318. The number of nitro benzene ring substituents is 1. The molecule has 1 aromatic rings. The second-order valence-electron chi connectivity index (χ2n) is 3.16. The fraction of sp³-hybridized carbons (Fsp3) is 0.222. The summed E-state index contributed by atoms with van der Waals surface area (Å²) in [5, 5.41) is 19.4. The topological polar surface area (TPSA) is 83.7 Å². The Hall–Kier alpha value is -2.11. The lowest BCUT2D eigenvalue weighted by atomic mass is 10.1. The van der Waals surface area contributed by atoms with Gasteiger partial charge in [0.15, 0.2) is 0 Å². The average molecular weight is 210 g/mol. The van der Waals surface area contributed by atoms with E-state index >= 15 is 0 Å². The van der Waals surface area contributed by atoms with E-state index in [1.165, 1.54) is 23.1 Å². The Morgan fingerprint density at radius 2 is 2.07 bits per heavy atom. The van der Waals surface area contributed by atoms with E-state index in [-0.39, 0.29) is 16.9 Å². The van der Waals surface area contributed by atoms with Crippen LogP contribution in [0.4, 0.5) is 11.4 Å². The highest BCUT2D eigenvalue weighted by atomic mass is 16.6. The molecule has 0 bridgehead atoms. The molecule has 0 heterocycles. The summed E-state index contributed by atoms with van der Waals surface area (Å²) in [6, 6.07) is 3.69. The lowest BCUT2D eigenvalue weighted by molar-refractivity contribution is -0.384. The maximum absolute atomic E-state index is 10.7. The molecule has 0 radical (unpaired) electrons. The van der Waals surface area contributed by atoms with Crippen LogP contribution in [0.2, 0.25) is 0 Å². The number of anilines is 1. The number of rotatable bonds is 3. The molecule has 0 atom stereocenters. The van der Waals surface area contributed by atoms with Crippen molar-refractivity contribution in [3.8, 4) is 0 Å². The van der Waals surface area contributed by atoms with Gasteiger partial charge in [-0.1, -0.05) is 0 Å². The molecule has 0 fully saturated rings. The maximum atomic E-state index is 10.7. The van der Waals surface area contributed by atoms with Gasteiger partial charge in [-0.2, -0.15) is 0 Å². The van der Waals surface area contributed by atoms with Crippen LogP contribution in [0.3, 0.4) is 0 Å². The van der Waals surface area contributed by atoms with Crippen LogP contribution in [0.15, 0.2) is 18.2 Å². The SMILES string of the molecule is CN(C)c1cc(C(=O)O)ccc1[N+](=O)[O-]. The molecule has 0 aliphatic rings. The monoisotopic (exact) mass is 210 g/mol. The highest BCUT2D eigenvalue weighted by molar-refractivity contribution is 5.90. The van der Waals surface area contributed by atoms with Crippen molar-refractivity contribution in [2.24, 2.45) is 0 Å². The quantitative estimate of drug-likeness (QED) is 0.601. The number of carbonyl (C=O) groups is 1. The minimum Gasteiger partial charge on any atom is -0.478 e. The lowest BCUT2D eigenvalue weighted by Crippen LogP contribution is -2.12. The van der Waals surface area contributed by atoms with Gasteiger partial charge in [0.05, 0.1) is 10.5 Å². The molecule has 0 saturated heterocycles. The van der Waals surface area contributed by atoms with Crippen LogP contribution in [0.5, 0.6) is 0 Å². The fourth-order valence-electron chi connectivity index (χ4n) is 1.17. The highest BCUT2D eigenvalue weighted by Crippen LogP contribution is 2.27. The van der Waals surface area contributed by atoms with Gasteiger partial charge in [-0.3, -0.25) is 10.1 Å². The first-order chi connectivity index (χ1) is 6.93. The first-order valence-corrected chi connectivity index (χ1v) is 4.12. The molecule has 0 unspecified atom stereocenters. The van der Waals surface area contributed by atoms with Crippen LogP contribution in [0.1, 0.15) is 10.4 Å². The van der Waals surface area contributed by atoms with Crippen molar-refractivity contribution in [2.45, 2.75) is 0 Å². The van der Waals surface area contributed by atoms with E-state index in [1.54, 1.807) is 14.1 Å². The van der Waals surface area contributed by atoms with E-state index in [9.17, 15) is 14.9 Å². The summed E-state index contributed by atoms with van der Waals surface area (Å²) in [7, 11) is 3.24. The van der Waals surface area contributed by atoms with E-state index in [2.05, 4.69) is 0 Å². The number of hydrogen-bond donors (Lipinski definition) is 1. The van der Waals surface area contributed by atoms with Gasteiger partial charge in [0.25, 0.3) is 5.69 Å². The van der Waals surface area contributed by atoms with E-state index in [0.717, 1.165) is 0 Å². The van der Waals surface area contributed by atoms with Gasteiger partial charge in [-0.05, 0) is 12.1 Å². The average Bonchev–Trinajstić information content (AvgIpc) is 2.16. The minimum atomic E-state index is -1.10. The van der Waals surface area contributed by atoms with Crippen LogP contribution in [0, 0.1) is 10.1 Å². The van der Waals surface area contributed by atoms with Gasteiger partial charge in [-0.15, -0.1) is 0 Å². The maximum Gasteiger partial charge on any atom is 0.335 e. The number of benzene rings is 1. The normalized spacial score (nSPS) is 9.73. The molecule has 0 aromatic heterocycles. The van der Waals surface area contributed by atoms with Gasteiger partial charge in [0.2, 0.25) is 0 Å². The van der Waals surface area contributed by atoms with Crippen molar-refractivity contribution in [1.82, 2.24) is 0 Å². The Labute approximate surface area is 85.9 Å². The number of carboxylic acids is 1. The summed E-state index contributed by atoms with van der Waals surface area (Å²) in [6.07, 6.45) is 0. The van der Waals surface area contributed by atoms with Crippen LogP contribution in [0.25, 0.3) is 0 Å². The Bertz CT molecular complexity index is 415. The van der Waals surface area contributed by atoms with Crippen LogP contribution in [-0.2, 0) is 0 Å². The summed E-state index contributed by atoms with van der Waals surface area (Å²) in [4.78, 5) is 22.3. The molecule has 80 valence electrons. The molecule has 6 nitrogen and oxygen atoms in total. The summed E-state index contributed by atoms with van der Waals surface area (Å²) in [6.45, 7) is 0. The first-order valence-electron chi connectivity index (χ1n) is 4.12. The smallest absolute Gasteiger partial charge is 0.335 e. The molecular formula is C9H10N2O4. The molecule has 6 heteroatoms. The zero-order chi connectivity index (χ0) is 11.6. The molecule has 0 aliphatic carbocycles. The number of nitrogens with zero attached hydrogens (tertiary/aromatic N) is 2. The van der Waals surface area contributed by atoms with Gasteiger partial charge < -0.3 is 10.0 Å². The molecule has 0 spiro atoms. The summed E-state index contributed by atoms with van der Waals surface area (Å²) in [5.74, 6) is -1.10. The van der Waals surface area contributed by atoms with Gasteiger partial charge in [0.1, 0.15) is 5.69 Å². The van der Waals surface area contributed by atoms with Crippen LogP contribution < -0.4 is 4.90 Å². The Balaban J connectivity index is 3.33. The highest BCUT2D eigenvalue weighted by Gasteiger charge is 2.17. The third-order valence-electron chi connectivity index (χ3n) is 1.90. The van der Waals surface area contributed by atoms with Crippen molar-refractivity contribution < 1.29 is 14.8 Å². The number of hydrogen-bond acceptors (Lipinski definition) is 4. The van der Waals surface area contributed by atoms with Crippen molar-refractivity contribution in [1.29, 1.82) is 0 Å². The van der Waals surface area contributed by atoms with Crippen molar-refractivity contribution >= 4 is 17.3 Å². The van der Waals surface area contributed by atoms with Crippen LogP contribution in [-0.4, -0.2) is 30.1 Å². The molecule has 1 aromatic carbocycles. The summed E-state index contributed by atoms with van der Waals surface area (Å²) in [5.41, 5.74) is 0.203. The van der Waals surface area contributed by atoms with Gasteiger partial charge in [0, 0.05) is 20.2 Å². The summed E-state index contributed by atoms with van der Waals surface area (Å²) < 4.78 is 0. The number of nitro groups is 1. The number of carboxylic acid groups (broad SMARTS) is 1. The molecule has 1 rings (SSSR count). The van der Waals surface area contributed by atoms with Gasteiger partial charge >= 0.3 is 5.97 Å². The van der Waals surface area contributed by atoms with E-state index in [0.29, 0.717) is 0 Å². The zero-order valence-corrected chi connectivity index (χ0v) is 8.30. The Morgan fingerprint density at radius 3 is 2.47 bits per heavy atom. The largest absolute Gasteiger partial charge is 0.478 e. The number of aromatic carboxylic acids is 1. The second-order valence-corrected chi connectivity index (χ2v) is 3.16. The first kappa shape index (κ1) is 11.0. The third kappa shape index (κ3) is 2.22. The van der Waals surface area contributed by atoms with Crippen molar-refractivity contribution in [2.75, 3.05) is 19.0 Å². The zero-order valence-electron chi connectivity index (χ0n) is 8.30. The van der Waals surface area contributed by atoms with Crippen LogP contribution >= 0.6 is 0 Å². The van der Waals surface area contributed by atoms with E-state index < -0.39 is 10.9 Å². The molecule has 1 N–H and O–H groups in total. The van der Waals surface area contributed by atoms with E-state index in [4.69, 9.17) is 5.11 Å². The van der Waals surface area contributed by atoms with Crippen molar-refractivity contribution in [3.05, 3.63) is 33.9 Å². The lowest BCUT2D eigenvalue weighted by Gasteiger charge is -2.12. The Kier molecular flexibility index (Phi) is 2.89. The molecule has 0 amide bonds. The summed E-state index contributed by atoms with van der Waals surface area (Å²) >= 11 is 0. The third-order valence-corrected chi connectivity index (χ3v) is 1.90. The standard InChI is InChI=1S/C9H10N2O4/c1-10(2)8-5-6(9(12)13)3-4-7(8)11(14)15/h3-5H,1-2H3,(H,12,13). The predicted octanol–water partition coefficient (Wildman–Crippen LogP) is 1.36. The van der Waals surface area contributed by atoms with E-state index in [1.807, 2.05) is 0 Å². The fourth-order valence-corrected chi connectivity index (χ4v) is 1.17. The Morgan fingerprint density at radius 1 is 1.47 bits per heavy atom. The second kappa shape index (κ2) is 3.95. The molecule has 0 aliphatic heterocycles. The van der Waals surface area contributed by atoms with Crippen molar-refractivity contribution in [3.63, 3.8) is 0 Å². The molecule has 0 saturated carbocycles. The molecule has 15 heavy (non-hydrogen) atoms.